The van der Waals surface area contributed by atoms with E-state index in [-0.39, 0.29) is 11.9 Å². The molecule has 2 aromatic heterocycles. The molecule has 2 aromatic carbocycles. The monoisotopic (exact) mass is 394 g/mol. The van der Waals surface area contributed by atoms with Crippen LogP contribution in [0.2, 0.25) is 5.02 Å². The molecule has 0 saturated carbocycles. The van der Waals surface area contributed by atoms with Crippen LogP contribution in [0.15, 0.2) is 72.1 Å². The molecule has 0 aliphatic heterocycles. The Balaban J connectivity index is 1.63. The Labute approximate surface area is 167 Å². The molecular formula is C22H19ClN2OS. The highest BCUT2D eigenvalue weighted by atomic mass is 35.5. The van der Waals surface area contributed by atoms with Crippen molar-refractivity contribution in [1.82, 2.24) is 9.88 Å². The average molecular weight is 395 g/mol. The summed E-state index contributed by atoms with van der Waals surface area (Å²) < 4.78 is 3.18. The standard InChI is InChI=1S/C22H19ClN2OS/c1-15(17-5-3-2-4-6-17)24-22(26)20-13-21-19(11-12-27-21)25(20)14-16-7-9-18(23)10-8-16/h2-13,15H,14H2,1H3,(H,24,26). The lowest BCUT2D eigenvalue weighted by atomic mass is 10.1. The number of amides is 1. The van der Waals surface area contributed by atoms with Crippen LogP contribution in [0, 0.1) is 0 Å². The quantitative estimate of drug-likeness (QED) is 0.449. The van der Waals surface area contributed by atoms with E-state index < -0.39 is 0 Å². The summed E-state index contributed by atoms with van der Waals surface area (Å²) in [6, 6.07) is 21.7. The molecule has 1 N–H and O–H groups in total. The van der Waals surface area contributed by atoms with Gasteiger partial charge in [-0.3, -0.25) is 4.79 Å². The first-order chi connectivity index (χ1) is 13.1. The number of thiophene rings is 1. The number of halogens is 1. The summed E-state index contributed by atoms with van der Waals surface area (Å²) in [5.74, 6) is -0.0660. The fourth-order valence-electron chi connectivity index (χ4n) is 3.20. The Bertz CT molecular complexity index is 1070. The van der Waals surface area contributed by atoms with E-state index in [1.165, 1.54) is 0 Å². The van der Waals surface area contributed by atoms with Crippen molar-refractivity contribution in [3.05, 3.63) is 94.0 Å². The van der Waals surface area contributed by atoms with Crippen molar-refractivity contribution in [2.45, 2.75) is 19.5 Å². The van der Waals surface area contributed by atoms with Gasteiger partial charge >= 0.3 is 0 Å². The van der Waals surface area contributed by atoms with Crippen LogP contribution in [0.25, 0.3) is 10.2 Å². The Morgan fingerprint density at radius 1 is 1.11 bits per heavy atom. The van der Waals surface area contributed by atoms with Crippen LogP contribution in [0.1, 0.15) is 34.6 Å². The first kappa shape index (κ1) is 17.8. The lowest BCUT2D eigenvalue weighted by Crippen LogP contribution is -2.28. The second kappa shape index (κ2) is 7.59. The molecule has 1 unspecified atom stereocenters. The van der Waals surface area contributed by atoms with Gasteiger partial charge < -0.3 is 9.88 Å². The van der Waals surface area contributed by atoms with Gasteiger partial charge in [0.1, 0.15) is 5.69 Å². The zero-order valence-corrected chi connectivity index (χ0v) is 16.4. The molecule has 2 heterocycles. The molecule has 0 aliphatic rings. The van der Waals surface area contributed by atoms with Crippen molar-refractivity contribution < 1.29 is 4.79 Å². The smallest absolute Gasteiger partial charge is 0.268 e. The summed E-state index contributed by atoms with van der Waals surface area (Å²) in [5, 5.41) is 5.88. The molecule has 1 atom stereocenters. The van der Waals surface area contributed by atoms with E-state index in [0.717, 1.165) is 21.3 Å². The molecule has 136 valence electrons. The molecule has 1 amide bonds. The van der Waals surface area contributed by atoms with E-state index >= 15 is 0 Å². The maximum atomic E-state index is 13.0. The summed E-state index contributed by atoms with van der Waals surface area (Å²) in [5.41, 5.74) is 3.94. The molecular weight excluding hydrogens is 376 g/mol. The Morgan fingerprint density at radius 2 is 1.85 bits per heavy atom. The zero-order valence-electron chi connectivity index (χ0n) is 14.9. The van der Waals surface area contributed by atoms with Crippen LogP contribution in [-0.4, -0.2) is 10.5 Å². The van der Waals surface area contributed by atoms with Crippen LogP contribution in [0.4, 0.5) is 0 Å². The summed E-state index contributed by atoms with van der Waals surface area (Å²) in [7, 11) is 0. The van der Waals surface area contributed by atoms with Crippen LogP contribution >= 0.6 is 22.9 Å². The maximum absolute atomic E-state index is 13.0. The van der Waals surface area contributed by atoms with Gasteiger partial charge in [0.25, 0.3) is 5.91 Å². The number of benzene rings is 2. The minimum Gasteiger partial charge on any atom is -0.344 e. The maximum Gasteiger partial charge on any atom is 0.268 e. The largest absolute Gasteiger partial charge is 0.344 e. The minimum absolute atomic E-state index is 0.0596. The van der Waals surface area contributed by atoms with Gasteiger partial charge in [-0.15, -0.1) is 11.3 Å². The fourth-order valence-corrected chi connectivity index (χ4v) is 4.15. The fraction of sp³-hybridized carbons (Fsp3) is 0.136. The first-order valence-electron chi connectivity index (χ1n) is 8.79. The molecule has 0 bridgehead atoms. The van der Waals surface area contributed by atoms with Crippen molar-refractivity contribution in [2.24, 2.45) is 0 Å². The van der Waals surface area contributed by atoms with E-state index in [4.69, 9.17) is 11.6 Å². The SMILES string of the molecule is CC(NC(=O)c1cc2sccc2n1Cc1ccc(Cl)cc1)c1ccccc1. The molecule has 5 heteroatoms. The van der Waals surface area contributed by atoms with Crippen LogP contribution in [-0.2, 0) is 6.54 Å². The topological polar surface area (TPSA) is 34.0 Å². The van der Waals surface area contributed by atoms with Crippen molar-refractivity contribution in [3.8, 4) is 0 Å². The minimum atomic E-state index is -0.0660. The van der Waals surface area contributed by atoms with Gasteiger partial charge in [0, 0.05) is 11.6 Å². The molecule has 0 fully saturated rings. The number of rotatable bonds is 5. The summed E-state index contributed by atoms with van der Waals surface area (Å²) in [4.78, 5) is 13.0. The van der Waals surface area contributed by atoms with Crippen molar-refractivity contribution in [2.75, 3.05) is 0 Å². The van der Waals surface area contributed by atoms with Crippen molar-refractivity contribution >= 4 is 39.1 Å². The Hall–Kier alpha value is -2.56. The lowest BCUT2D eigenvalue weighted by Gasteiger charge is -2.16. The van der Waals surface area contributed by atoms with E-state index in [1.54, 1.807) is 11.3 Å². The number of hydrogen-bond donors (Lipinski definition) is 1. The molecule has 4 rings (SSSR count). The molecule has 3 nitrogen and oxygen atoms in total. The number of fused-ring (bicyclic) bond motifs is 1. The highest BCUT2D eigenvalue weighted by Crippen LogP contribution is 2.27. The zero-order chi connectivity index (χ0) is 18.8. The Kier molecular flexibility index (Phi) is 5.01. The van der Waals surface area contributed by atoms with Crippen LogP contribution < -0.4 is 5.32 Å². The second-order valence-corrected chi connectivity index (χ2v) is 7.90. The van der Waals surface area contributed by atoms with Gasteiger partial charge in [0.15, 0.2) is 0 Å². The third-order valence-electron chi connectivity index (χ3n) is 4.66. The second-order valence-electron chi connectivity index (χ2n) is 6.52. The third kappa shape index (κ3) is 3.77. The summed E-state index contributed by atoms with van der Waals surface area (Å²) in [6.45, 7) is 2.63. The van der Waals surface area contributed by atoms with Gasteiger partial charge in [0.05, 0.1) is 16.3 Å². The van der Waals surface area contributed by atoms with Gasteiger partial charge in [-0.25, -0.2) is 0 Å². The van der Waals surface area contributed by atoms with Crippen LogP contribution in [0.3, 0.4) is 0 Å². The van der Waals surface area contributed by atoms with Gasteiger partial charge in [-0.05, 0) is 47.7 Å². The first-order valence-corrected chi connectivity index (χ1v) is 10.0. The van der Waals surface area contributed by atoms with Crippen molar-refractivity contribution in [1.29, 1.82) is 0 Å². The predicted molar refractivity (Wildman–Crippen MR) is 113 cm³/mol. The highest BCUT2D eigenvalue weighted by molar-refractivity contribution is 7.17. The number of nitrogens with one attached hydrogen (secondary N) is 1. The summed E-state index contributed by atoms with van der Waals surface area (Å²) in [6.07, 6.45) is 0. The number of nitrogens with zero attached hydrogens (tertiary/aromatic N) is 1. The number of hydrogen-bond acceptors (Lipinski definition) is 2. The van der Waals surface area contributed by atoms with E-state index in [0.29, 0.717) is 17.3 Å². The molecule has 0 spiro atoms. The number of carbonyl (C=O) groups excluding carboxylic acids is 1. The number of carbonyl (C=O) groups is 1. The molecule has 0 saturated heterocycles. The van der Waals surface area contributed by atoms with Gasteiger partial charge in [-0.2, -0.15) is 0 Å². The highest BCUT2D eigenvalue weighted by Gasteiger charge is 2.18. The predicted octanol–water partition coefficient (Wildman–Crippen LogP) is 5.90. The molecule has 4 aromatic rings. The third-order valence-corrected chi connectivity index (χ3v) is 5.76. The average Bonchev–Trinajstić information content (AvgIpc) is 3.27. The van der Waals surface area contributed by atoms with E-state index in [2.05, 4.69) is 21.3 Å². The molecule has 0 radical (unpaired) electrons. The van der Waals surface area contributed by atoms with Gasteiger partial charge in [0.2, 0.25) is 0 Å². The molecule has 0 aliphatic carbocycles. The van der Waals surface area contributed by atoms with E-state index in [9.17, 15) is 4.79 Å². The lowest BCUT2D eigenvalue weighted by molar-refractivity contribution is 0.0931. The summed E-state index contributed by atoms with van der Waals surface area (Å²) >= 11 is 7.65. The van der Waals surface area contributed by atoms with Gasteiger partial charge in [-0.1, -0.05) is 54.1 Å². The van der Waals surface area contributed by atoms with E-state index in [1.807, 2.05) is 67.6 Å². The van der Waals surface area contributed by atoms with Crippen LogP contribution in [0.5, 0.6) is 0 Å². The van der Waals surface area contributed by atoms with Crippen molar-refractivity contribution in [3.63, 3.8) is 0 Å². The molecule has 27 heavy (non-hydrogen) atoms. The Morgan fingerprint density at radius 3 is 2.59 bits per heavy atom. The number of aromatic nitrogens is 1. The normalized spacial score (nSPS) is 12.2.